The number of rotatable bonds is 3. The van der Waals surface area contributed by atoms with Crippen LogP contribution < -0.4 is 10.6 Å². The lowest BCUT2D eigenvalue weighted by Gasteiger charge is -2.30. The number of amides is 2. The summed E-state index contributed by atoms with van der Waals surface area (Å²) in [5.74, 6) is 0. The Bertz CT molecular complexity index is 462. The Morgan fingerprint density at radius 3 is 2.95 bits per heavy atom. The Morgan fingerprint density at radius 2 is 2.25 bits per heavy atom. The van der Waals surface area contributed by atoms with Crippen molar-refractivity contribution in [3.63, 3.8) is 0 Å². The molecule has 0 spiro atoms. The SMILES string of the molecule is CC(C)NC(=O)Nc1cccc(C2CN(C)CCO2)c1. The van der Waals surface area contributed by atoms with E-state index in [1.807, 2.05) is 38.1 Å². The summed E-state index contributed by atoms with van der Waals surface area (Å²) >= 11 is 0. The first kappa shape index (κ1) is 14.8. The van der Waals surface area contributed by atoms with Gasteiger partial charge in [-0.15, -0.1) is 0 Å². The molecule has 0 aromatic heterocycles. The zero-order valence-corrected chi connectivity index (χ0v) is 12.3. The van der Waals surface area contributed by atoms with Gasteiger partial charge in [0.15, 0.2) is 0 Å². The number of carbonyl (C=O) groups excluding carboxylic acids is 1. The van der Waals surface area contributed by atoms with Crippen molar-refractivity contribution in [3.8, 4) is 0 Å². The van der Waals surface area contributed by atoms with Gasteiger partial charge in [-0.25, -0.2) is 4.79 Å². The highest BCUT2D eigenvalue weighted by Crippen LogP contribution is 2.23. The lowest BCUT2D eigenvalue weighted by Crippen LogP contribution is -2.35. The molecule has 0 bridgehead atoms. The van der Waals surface area contributed by atoms with Crippen LogP contribution in [0.15, 0.2) is 24.3 Å². The molecule has 1 atom stereocenters. The standard InChI is InChI=1S/C15H23N3O2/c1-11(2)16-15(19)17-13-6-4-5-12(9-13)14-10-18(3)7-8-20-14/h4-6,9,11,14H,7-8,10H2,1-3H3,(H2,16,17,19). The number of hydrogen-bond donors (Lipinski definition) is 2. The normalized spacial score (nSPS) is 19.9. The van der Waals surface area contributed by atoms with Crippen molar-refractivity contribution in [1.29, 1.82) is 0 Å². The fraction of sp³-hybridized carbons (Fsp3) is 0.533. The minimum Gasteiger partial charge on any atom is -0.371 e. The van der Waals surface area contributed by atoms with E-state index >= 15 is 0 Å². The Labute approximate surface area is 120 Å². The average Bonchev–Trinajstić information content (AvgIpc) is 2.38. The first-order valence-corrected chi connectivity index (χ1v) is 7.02. The lowest BCUT2D eigenvalue weighted by molar-refractivity contribution is -0.0208. The third-order valence-corrected chi connectivity index (χ3v) is 3.21. The monoisotopic (exact) mass is 277 g/mol. The zero-order chi connectivity index (χ0) is 14.5. The van der Waals surface area contributed by atoms with Crippen LogP contribution in [0.3, 0.4) is 0 Å². The fourth-order valence-corrected chi connectivity index (χ4v) is 2.23. The maximum atomic E-state index is 11.7. The molecule has 20 heavy (non-hydrogen) atoms. The Balaban J connectivity index is 2.02. The van der Waals surface area contributed by atoms with Crippen LogP contribution in [-0.4, -0.2) is 43.7 Å². The average molecular weight is 277 g/mol. The van der Waals surface area contributed by atoms with Crippen LogP contribution in [0, 0.1) is 0 Å². The predicted octanol–water partition coefficient (Wildman–Crippen LogP) is 2.22. The second-order valence-electron chi connectivity index (χ2n) is 5.50. The number of urea groups is 1. The number of morpholine rings is 1. The highest BCUT2D eigenvalue weighted by molar-refractivity contribution is 5.89. The van der Waals surface area contributed by atoms with Crippen molar-refractivity contribution in [3.05, 3.63) is 29.8 Å². The smallest absolute Gasteiger partial charge is 0.319 e. The molecule has 1 saturated heterocycles. The number of likely N-dealkylation sites (N-methyl/N-ethyl adjacent to an activating group) is 1. The van der Waals surface area contributed by atoms with Crippen LogP contribution >= 0.6 is 0 Å². The van der Waals surface area contributed by atoms with E-state index in [0.29, 0.717) is 0 Å². The third kappa shape index (κ3) is 4.21. The molecule has 0 saturated carbocycles. The molecular weight excluding hydrogens is 254 g/mol. The summed E-state index contributed by atoms with van der Waals surface area (Å²) in [4.78, 5) is 14.0. The minimum absolute atomic E-state index is 0.0728. The summed E-state index contributed by atoms with van der Waals surface area (Å²) in [6.07, 6.45) is 0.0728. The van der Waals surface area contributed by atoms with Gasteiger partial charge >= 0.3 is 6.03 Å². The Hall–Kier alpha value is -1.59. The summed E-state index contributed by atoms with van der Waals surface area (Å²) in [6.45, 7) is 6.45. The molecule has 2 N–H and O–H groups in total. The number of ether oxygens (including phenoxy) is 1. The molecule has 1 unspecified atom stereocenters. The first-order chi connectivity index (χ1) is 9.54. The van der Waals surface area contributed by atoms with Crippen molar-refractivity contribution in [1.82, 2.24) is 10.2 Å². The molecule has 1 aromatic carbocycles. The highest BCUT2D eigenvalue weighted by atomic mass is 16.5. The van der Waals surface area contributed by atoms with Crippen molar-refractivity contribution < 1.29 is 9.53 Å². The Kier molecular flexibility index (Phi) is 4.98. The molecule has 0 aliphatic carbocycles. The molecule has 5 heteroatoms. The summed E-state index contributed by atoms with van der Waals surface area (Å²) in [7, 11) is 2.09. The van der Waals surface area contributed by atoms with Crippen LogP contribution in [0.25, 0.3) is 0 Å². The van der Waals surface area contributed by atoms with Gasteiger partial charge in [0.2, 0.25) is 0 Å². The molecule has 2 rings (SSSR count). The second-order valence-corrected chi connectivity index (χ2v) is 5.50. The van der Waals surface area contributed by atoms with Gasteiger partial charge in [-0.05, 0) is 38.6 Å². The van der Waals surface area contributed by atoms with Crippen LogP contribution in [0.2, 0.25) is 0 Å². The van der Waals surface area contributed by atoms with Crippen LogP contribution in [0.4, 0.5) is 10.5 Å². The van der Waals surface area contributed by atoms with Gasteiger partial charge in [-0.3, -0.25) is 0 Å². The third-order valence-electron chi connectivity index (χ3n) is 3.21. The summed E-state index contributed by atoms with van der Waals surface area (Å²) < 4.78 is 5.79. The number of nitrogens with one attached hydrogen (secondary N) is 2. The predicted molar refractivity (Wildman–Crippen MR) is 79.9 cm³/mol. The van der Waals surface area contributed by atoms with Gasteiger partial charge in [0, 0.05) is 24.8 Å². The van der Waals surface area contributed by atoms with Gasteiger partial charge in [-0.2, -0.15) is 0 Å². The summed E-state index contributed by atoms with van der Waals surface area (Å²) in [6, 6.07) is 7.78. The van der Waals surface area contributed by atoms with Crippen molar-refractivity contribution in [2.24, 2.45) is 0 Å². The van der Waals surface area contributed by atoms with E-state index in [1.54, 1.807) is 0 Å². The number of benzene rings is 1. The van der Waals surface area contributed by atoms with Crippen LogP contribution in [0.5, 0.6) is 0 Å². The number of anilines is 1. The summed E-state index contributed by atoms with van der Waals surface area (Å²) in [5, 5.41) is 5.65. The quantitative estimate of drug-likeness (QED) is 0.890. The maximum Gasteiger partial charge on any atom is 0.319 e. The molecule has 1 aliphatic heterocycles. The van der Waals surface area contributed by atoms with Gasteiger partial charge in [0.05, 0.1) is 12.7 Å². The second kappa shape index (κ2) is 6.72. The van der Waals surface area contributed by atoms with E-state index in [9.17, 15) is 4.79 Å². The van der Waals surface area contributed by atoms with Gasteiger partial charge in [0.1, 0.15) is 0 Å². The first-order valence-electron chi connectivity index (χ1n) is 7.02. The van der Waals surface area contributed by atoms with Gasteiger partial charge in [0.25, 0.3) is 0 Å². The lowest BCUT2D eigenvalue weighted by atomic mass is 10.1. The molecule has 1 heterocycles. The highest BCUT2D eigenvalue weighted by Gasteiger charge is 2.19. The van der Waals surface area contributed by atoms with Gasteiger partial charge < -0.3 is 20.3 Å². The minimum atomic E-state index is -0.182. The van der Waals surface area contributed by atoms with E-state index in [2.05, 4.69) is 22.6 Å². The van der Waals surface area contributed by atoms with E-state index in [-0.39, 0.29) is 18.2 Å². The van der Waals surface area contributed by atoms with Crippen LogP contribution in [0.1, 0.15) is 25.5 Å². The number of nitrogens with zero attached hydrogens (tertiary/aromatic N) is 1. The van der Waals surface area contributed by atoms with Crippen molar-refractivity contribution >= 4 is 11.7 Å². The maximum absolute atomic E-state index is 11.7. The molecule has 1 aliphatic rings. The van der Waals surface area contributed by atoms with Crippen molar-refractivity contribution in [2.45, 2.75) is 26.0 Å². The largest absolute Gasteiger partial charge is 0.371 e. The molecule has 1 fully saturated rings. The zero-order valence-electron chi connectivity index (χ0n) is 12.3. The molecule has 2 amide bonds. The molecule has 0 radical (unpaired) electrons. The molecular formula is C15H23N3O2. The van der Waals surface area contributed by atoms with Crippen molar-refractivity contribution in [2.75, 3.05) is 32.1 Å². The van der Waals surface area contributed by atoms with Gasteiger partial charge in [-0.1, -0.05) is 12.1 Å². The molecule has 1 aromatic rings. The number of carbonyl (C=O) groups is 1. The van der Waals surface area contributed by atoms with E-state index < -0.39 is 0 Å². The topological polar surface area (TPSA) is 53.6 Å². The Morgan fingerprint density at radius 1 is 1.45 bits per heavy atom. The van der Waals surface area contributed by atoms with E-state index in [1.165, 1.54) is 0 Å². The van der Waals surface area contributed by atoms with E-state index in [0.717, 1.165) is 30.9 Å². The fourth-order valence-electron chi connectivity index (χ4n) is 2.23. The molecule has 110 valence electrons. The van der Waals surface area contributed by atoms with Crippen LogP contribution in [-0.2, 0) is 4.74 Å². The van der Waals surface area contributed by atoms with E-state index in [4.69, 9.17) is 4.74 Å². The molecule has 5 nitrogen and oxygen atoms in total. The summed E-state index contributed by atoms with van der Waals surface area (Å²) in [5.41, 5.74) is 1.89. The number of hydrogen-bond acceptors (Lipinski definition) is 3.